The van der Waals surface area contributed by atoms with Gasteiger partial charge in [-0.15, -0.1) is 0 Å². The molecule has 0 aromatic heterocycles. The molecule has 3 atom stereocenters. The lowest BCUT2D eigenvalue weighted by Gasteiger charge is -2.28. The molecule has 0 spiro atoms. The molecular formula is C11H16O. The quantitative estimate of drug-likeness (QED) is 0.534. The van der Waals surface area contributed by atoms with Gasteiger partial charge in [0.25, 0.3) is 0 Å². The van der Waals surface area contributed by atoms with E-state index in [1.807, 2.05) is 6.26 Å². The fourth-order valence-corrected chi connectivity index (χ4v) is 2.59. The monoisotopic (exact) mass is 164 g/mol. The Kier molecular flexibility index (Phi) is 1.75. The van der Waals surface area contributed by atoms with Gasteiger partial charge < -0.3 is 4.74 Å². The highest BCUT2D eigenvalue weighted by atomic mass is 16.5. The molecule has 0 radical (unpaired) electrons. The van der Waals surface area contributed by atoms with Crippen LogP contribution in [0, 0.1) is 17.8 Å². The average molecular weight is 164 g/mol. The minimum Gasteiger partial charge on any atom is -0.470 e. The Balaban J connectivity index is 2.29. The van der Waals surface area contributed by atoms with Gasteiger partial charge in [-0.3, -0.25) is 0 Å². The van der Waals surface area contributed by atoms with Crippen LogP contribution in [0.5, 0.6) is 0 Å². The summed E-state index contributed by atoms with van der Waals surface area (Å²) in [5, 5.41) is 0. The van der Waals surface area contributed by atoms with Crippen molar-refractivity contribution in [2.24, 2.45) is 17.8 Å². The molecule has 0 N–H and O–H groups in total. The molecule has 0 unspecified atom stereocenters. The maximum Gasteiger partial charge on any atom is 0.0999 e. The average Bonchev–Trinajstić information content (AvgIpc) is 2.42. The van der Waals surface area contributed by atoms with Gasteiger partial charge in [0.15, 0.2) is 0 Å². The maximum absolute atomic E-state index is 5.42. The van der Waals surface area contributed by atoms with Gasteiger partial charge in [0.2, 0.25) is 0 Å². The zero-order valence-corrected chi connectivity index (χ0v) is 7.84. The maximum atomic E-state index is 5.42. The van der Waals surface area contributed by atoms with Gasteiger partial charge in [-0.1, -0.05) is 13.5 Å². The number of hydrogen-bond acceptors (Lipinski definition) is 1. The first-order chi connectivity index (χ1) is 5.70. The normalized spacial score (nSPS) is 40.3. The minimum atomic E-state index is 0.593. The number of hydrogen-bond donors (Lipinski definition) is 0. The van der Waals surface area contributed by atoms with Crippen LogP contribution < -0.4 is 0 Å². The van der Waals surface area contributed by atoms with Crippen molar-refractivity contribution in [3.63, 3.8) is 0 Å². The highest BCUT2D eigenvalue weighted by Crippen LogP contribution is 2.46. The Labute approximate surface area is 74.1 Å². The minimum absolute atomic E-state index is 0.593. The molecule has 2 rings (SSSR count). The first kappa shape index (κ1) is 7.90. The Hall–Kier alpha value is -0.720. The molecule has 12 heavy (non-hydrogen) atoms. The lowest BCUT2D eigenvalue weighted by atomic mass is 9.84. The zero-order valence-electron chi connectivity index (χ0n) is 7.84. The molecule has 1 heteroatoms. The van der Waals surface area contributed by atoms with Crippen LogP contribution in [0.25, 0.3) is 0 Å². The van der Waals surface area contributed by atoms with Crippen molar-refractivity contribution >= 4 is 0 Å². The van der Waals surface area contributed by atoms with E-state index in [1.165, 1.54) is 18.4 Å². The SMILES string of the molecule is C=C1OC=C(C)[C@@H]2CC[C@H](C)[C@H]12. The van der Waals surface area contributed by atoms with Crippen molar-refractivity contribution < 1.29 is 4.74 Å². The molecule has 66 valence electrons. The van der Waals surface area contributed by atoms with E-state index in [4.69, 9.17) is 4.74 Å². The van der Waals surface area contributed by atoms with Crippen molar-refractivity contribution in [2.45, 2.75) is 26.7 Å². The van der Waals surface area contributed by atoms with Crippen LogP contribution in [0.15, 0.2) is 24.2 Å². The van der Waals surface area contributed by atoms with Gasteiger partial charge in [0.1, 0.15) is 0 Å². The Bertz CT molecular complexity index is 239. The molecule has 1 fully saturated rings. The second kappa shape index (κ2) is 2.65. The summed E-state index contributed by atoms with van der Waals surface area (Å²) in [4.78, 5) is 0. The summed E-state index contributed by atoms with van der Waals surface area (Å²) in [5.41, 5.74) is 1.40. The molecule has 0 bridgehead atoms. The smallest absolute Gasteiger partial charge is 0.0999 e. The van der Waals surface area contributed by atoms with Crippen molar-refractivity contribution in [3.8, 4) is 0 Å². The highest BCUT2D eigenvalue weighted by molar-refractivity contribution is 5.17. The van der Waals surface area contributed by atoms with Gasteiger partial charge >= 0.3 is 0 Å². The highest BCUT2D eigenvalue weighted by Gasteiger charge is 2.39. The summed E-state index contributed by atoms with van der Waals surface area (Å²) in [7, 11) is 0. The summed E-state index contributed by atoms with van der Waals surface area (Å²) in [6, 6.07) is 0. The summed E-state index contributed by atoms with van der Waals surface area (Å²) >= 11 is 0. The van der Waals surface area contributed by atoms with Crippen LogP contribution in [0.2, 0.25) is 0 Å². The standard InChI is InChI=1S/C11H16O/c1-7-4-5-10-8(2)6-12-9(3)11(7)10/h6-7,10-11H,3-5H2,1-2H3/t7-,10-,11+/m0/s1. The molecular weight excluding hydrogens is 148 g/mol. The summed E-state index contributed by atoms with van der Waals surface area (Å²) < 4.78 is 5.42. The third-order valence-electron chi connectivity index (χ3n) is 3.33. The third kappa shape index (κ3) is 0.996. The second-order valence-corrected chi connectivity index (χ2v) is 4.13. The van der Waals surface area contributed by atoms with E-state index in [0.717, 1.165) is 17.6 Å². The molecule has 0 aromatic carbocycles. The van der Waals surface area contributed by atoms with Gasteiger partial charge in [0, 0.05) is 5.92 Å². The second-order valence-electron chi connectivity index (χ2n) is 4.13. The van der Waals surface area contributed by atoms with Crippen LogP contribution in [0.1, 0.15) is 26.7 Å². The fraction of sp³-hybridized carbons (Fsp3) is 0.636. The lowest BCUT2D eigenvalue weighted by molar-refractivity contribution is 0.212. The molecule has 1 nitrogen and oxygen atoms in total. The molecule has 0 saturated heterocycles. The van der Waals surface area contributed by atoms with E-state index >= 15 is 0 Å². The molecule has 1 heterocycles. The number of fused-ring (bicyclic) bond motifs is 1. The lowest BCUT2D eigenvalue weighted by Crippen LogP contribution is -2.20. The van der Waals surface area contributed by atoms with Gasteiger partial charge in [-0.05, 0) is 37.2 Å². The van der Waals surface area contributed by atoms with E-state index in [1.54, 1.807) is 0 Å². The fourth-order valence-electron chi connectivity index (χ4n) is 2.59. The summed E-state index contributed by atoms with van der Waals surface area (Å²) in [5.74, 6) is 3.05. The van der Waals surface area contributed by atoms with Gasteiger partial charge in [-0.2, -0.15) is 0 Å². The molecule has 1 aliphatic carbocycles. The zero-order chi connectivity index (χ0) is 8.72. The van der Waals surface area contributed by atoms with E-state index in [2.05, 4.69) is 20.4 Å². The summed E-state index contributed by atoms with van der Waals surface area (Å²) in [6.07, 6.45) is 4.51. The first-order valence-electron chi connectivity index (χ1n) is 4.72. The van der Waals surface area contributed by atoms with E-state index in [-0.39, 0.29) is 0 Å². The van der Waals surface area contributed by atoms with E-state index in [0.29, 0.717) is 5.92 Å². The Morgan fingerprint density at radius 3 is 2.92 bits per heavy atom. The number of rotatable bonds is 0. The Morgan fingerprint density at radius 2 is 2.25 bits per heavy atom. The molecule has 0 amide bonds. The largest absolute Gasteiger partial charge is 0.470 e. The third-order valence-corrected chi connectivity index (χ3v) is 3.33. The predicted molar refractivity (Wildman–Crippen MR) is 49.4 cm³/mol. The van der Waals surface area contributed by atoms with Crippen molar-refractivity contribution in [1.82, 2.24) is 0 Å². The van der Waals surface area contributed by atoms with E-state index in [9.17, 15) is 0 Å². The topological polar surface area (TPSA) is 9.23 Å². The van der Waals surface area contributed by atoms with Crippen LogP contribution in [0.4, 0.5) is 0 Å². The summed E-state index contributed by atoms with van der Waals surface area (Å²) in [6.45, 7) is 8.45. The van der Waals surface area contributed by atoms with Crippen molar-refractivity contribution in [1.29, 1.82) is 0 Å². The van der Waals surface area contributed by atoms with Crippen LogP contribution >= 0.6 is 0 Å². The molecule has 0 aromatic rings. The van der Waals surface area contributed by atoms with Crippen LogP contribution in [-0.4, -0.2) is 0 Å². The number of ether oxygens (including phenoxy) is 1. The molecule has 1 aliphatic heterocycles. The van der Waals surface area contributed by atoms with Gasteiger partial charge in [0.05, 0.1) is 12.0 Å². The van der Waals surface area contributed by atoms with Crippen molar-refractivity contribution in [2.75, 3.05) is 0 Å². The first-order valence-corrected chi connectivity index (χ1v) is 4.72. The Morgan fingerprint density at radius 1 is 1.50 bits per heavy atom. The van der Waals surface area contributed by atoms with Crippen LogP contribution in [0.3, 0.4) is 0 Å². The molecule has 2 aliphatic rings. The predicted octanol–water partition coefficient (Wildman–Crippen LogP) is 3.10. The molecule has 1 saturated carbocycles. The number of allylic oxidation sites excluding steroid dienone is 2. The van der Waals surface area contributed by atoms with Crippen LogP contribution in [-0.2, 0) is 4.74 Å². The van der Waals surface area contributed by atoms with E-state index < -0.39 is 0 Å². The van der Waals surface area contributed by atoms with Crippen molar-refractivity contribution in [3.05, 3.63) is 24.2 Å². The van der Waals surface area contributed by atoms with Gasteiger partial charge in [-0.25, -0.2) is 0 Å².